The van der Waals surface area contributed by atoms with Crippen LogP contribution in [0.25, 0.3) is 0 Å². The molecule has 4 aliphatic carbocycles. The maximum atomic E-state index is 11.1. The summed E-state index contributed by atoms with van der Waals surface area (Å²) in [6.45, 7) is 0. The van der Waals surface area contributed by atoms with E-state index in [4.69, 9.17) is 9.47 Å². The van der Waals surface area contributed by atoms with Crippen LogP contribution in [0.3, 0.4) is 0 Å². The number of nitrogens with zero attached hydrogens (tertiary/aromatic N) is 2. The van der Waals surface area contributed by atoms with Crippen molar-refractivity contribution in [2.75, 3.05) is 0 Å². The predicted molar refractivity (Wildman–Crippen MR) is 136 cm³/mol. The first-order valence-electron chi connectivity index (χ1n) is 12.6. The molecule has 4 fully saturated rings. The van der Waals surface area contributed by atoms with Crippen LogP contribution in [0.15, 0.2) is 54.6 Å². The Morgan fingerprint density at radius 1 is 0.684 bits per heavy atom. The Hall–Kier alpha value is -4.34. The van der Waals surface area contributed by atoms with E-state index in [-0.39, 0.29) is 16.9 Å². The van der Waals surface area contributed by atoms with E-state index in [1.165, 1.54) is 55.7 Å². The van der Waals surface area contributed by atoms with Crippen molar-refractivity contribution in [3.05, 3.63) is 80.4 Å². The first-order valence-corrected chi connectivity index (χ1v) is 12.6. The number of hydrogen-bond acceptors (Lipinski definition) is 8. The van der Waals surface area contributed by atoms with Gasteiger partial charge >= 0.3 is 11.4 Å². The second-order valence-electron chi connectivity index (χ2n) is 10.9. The van der Waals surface area contributed by atoms with E-state index < -0.39 is 32.7 Å². The van der Waals surface area contributed by atoms with E-state index in [0.717, 1.165) is 24.8 Å². The molecular weight excluding hydrogens is 492 g/mol. The average Bonchev–Trinajstić information content (AvgIpc) is 2.83. The van der Waals surface area contributed by atoms with Crippen LogP contribution in [0.2, 0.25) is 0 Å². The molecule has 4 bridgehead atoms. The van der Waals surface area contributed by atoms with Crippen LogP contribution in [-0.2, 0) is 5.41 Å². The molecule has 0 heterocycles. The van der Waals surface area contributed by atoms with Crippen molar-refractivity contribution >= 4 is 11.4 Å². The van der Waals surface area contributed by atoms with Crippen LogP contribution in [-0.4, -0.2) is 20.1 Å². The monoisotopic (exact) mass is 518 g/mol. The maximum absolute atomic E-state index is 11.1. The lowest BCUT2D eigenvalue weighted by molar-refractivity contribution is -0.386. The molecule has 0 atom stereocenters. The highest BCUT2D eigenvalue weighted by molar-refractivity contribution is 5.54. The number of benzene rings is 3. The second-order valence-corrected chi connectivity index (χ2v) is 10.9. The summed E-state index contributed by atoms with van der Waals surface area (Å²) in [7, 11) is 0. The Morgan fingerprint density at radius 3 is 1.61 bits per heavy atom. The number of phenols is 2. The smallest absolute Gasteiger partial charge is 0.310 e. The Labute approximate surface area is 217 Å². The predicted octanol–water partition coefficient (Wildman–Crippen LogP) is 6.97. The van der Waals surface area contributed by atoms with Crippen LogP contribution in [0, 0.1) is 38.0 Å². The van der Waals surface area contributed by atoms with Gasteiger partial charge in [-0.3, -0.25) is 20.2 Å². The first-order chi connectivity index (χ1) is 18.2. The van der Waals surface area contributed by atoms with Crippen molar-refractivity contribution in [1.82, 2.24) is 0 Å². The van der Waals surface area contributed by atoms with Gasteiger partial charge in [-0.25, -0.2) is 0 Å². The molecule has 0 saturated heterocycles. The van der Waals surface area contributed by atoms with E-state index in [1.54, 1.807) is 6.07 Å². The summed E-state index contributed by atoms with van der Waals surface area (Å²) in [6.07, 6.45) is 7.06. The van der Waals surface area contributed by atoms with Gasteiger partial charge in [-0.15, -0.1) is 0 Å². The zero-order chi connectivity index (χ0) is 26.6. The van der Waals surface area contributed by atoms with Gasteiger partial charge in [0.05, 0.1) is 9.85 Å². The Kier molecular flexibility index (Phi) is 5.62. The summed E-state index contributed by atoms with van der Waals surface area (Å²) in [5.74, 6) is 2.48. The van der Waals surface area contributed by atoms with Gasteiger partial charge in [0, 0.05) is 35.9 Å². The van der Waals surface area contributed by atoms with Crippen LogP contribution in [0.4, 0.5) is 11.4 Å². The summed E-state index contributed by atoms with van der Waals surface area (Å²) in [6, 6.07) is 13.2. The molecule has 3 aromatic rings. The SMILES string of the molecule is O=[N+]([O-])c1ccc(Oc2ccc(C34CC5CC(CC(C5)C3)C4)c(Oc3ccc([N+](=O)[O-])c(O)c3)c2)cc1O. The molecule has 4 saturated carbocycles. The van der Waals surface area contributed by atoms with Crippen LogP contribution < -0.4 is 9.47 Å². The third-order valence-corrected chi connectivity index (χ3v) is 8.31. The lowest BCUT2D eigenvalue weighted by atomic mass is 9.48. The lowest BCUT2D eigenvalue weighted by Crippen LogP contribution is -2.48. The minimum atomic E-state index is -0.676. The van der Waals surface area contributed by atoms with Crippen LogP contribution in [0.5, 0.6) is 34.5 Å². The fourth-order valence-electron chi connectivity index (χ4n) is 7.23. The highest BCUT2D eigenvalue weighted by atomic mass is 16.6. The molecule has 4 aliphatic rings. The van der Waals surface area contributed by atoms with Crippen molar-refractivity contribution in [3.63, 3.8) is 0 Å². The number of hydrogen-bond donors (Lipinski definition) is 2. The summed E-state index contributed by atoms with van der Waals surface area (Å²) >= 11 is 0. The fourth-order valence-corrected chi connectivity index (χ4v) is 7.23. The Bertz CT molecular complexity index is 1420. The topological polar surface area (TPSA) is 145 Å². The molecule has 7 rings (SSSR count). The molecule has 10 nitrogen and oxygen atoms in total. The Balaban J connectivity index is 1.37. The van der Waals surface area contributed by atoms with Gasteiger partial charge in [0.15, 0.2) is 11.5 Å². The van der Waals surface area contributed by atoms with Crippen molar-refractivity contribution < 1.29 is 29.5 Å². The van der Waals surface area contributed by atoms with Crippen LogP contribution in [0.1, 0.15) is 44.1 Å². The van der Waals surface area contributed by atoms with Gasteiger partial charge in [-0.1, -0.05) is 6.07 Å². The number of nitro benzene ring substituents is 2. The standard InChI is InChI=1S/C28H26N2O8/c31-25-10-19(2-5-23(25)29(33)34)37-21-1-4-22(28-13-16-7-17(14-28)9-18(8-16)15-28)27(12-21)38-20-3-6-24(30(35)36)26(32)11-20/h1-6,10-12,16-18,31-32H,7-9,13-15H2. The summed E-state index contributed by atoms with van der Waals surface area (Å²) in [4.78, 5) is 20.8. The summed E-state index contributed by atoms with van der Waals surface area (Å²) in [5.41, 5.74) is 0.190. The van der Waals surface area contributed by atoms with Crippen LogP contribution >= 0.6 is 0 Å². The fraction of sp³-hybridized carbons (Fsp3) is 0.357. The van der Waals surface area contributed by atoms with Gasteiger partial charge in [0.2, 0.25) is 0 Å². The van der Waals surface area contributed by atoms with Gasteiger partial charge < -0.3 is 19.7 Å². The number of nitro groups is 2. The van der Waals surface area contributed by atoms with E-state index >= 15 is 0 Å². The Morgan fingerprint density at radius 2 is 1.13 bits per heavy atom. The van der Waals surface area contributed by atoms with Gasteiger partial charge in [0.1, 0.15) is 23.0 Å². The van der Waals surface area contributed by atoms with Crippen molar-refractivity contribution in [1.29, 1.82) is 0 Å². The second kappa shape index (κ2) is 8.90. The molecular formula is C28H26N2O8. The number of ether oxygens (including phenoxy) is 2. The number of aromatic hydroxyl groups is 2. The summed E-state index contributed by atoms with van der Waals surface area (Å²) in [5, 5.41) is 42.3. The van der Waals surface area contributed by atoms with Crippen molar-refractivity contribution in [3.8, 4) is 34.5 Å². The first kappa shape index (κ1) is 24.0. The normalized spacial score (nSPS) is 25.2. The van der Waals surface area contributed by atoms with Crippen molar-refractivity contribution in [2.45, 2.75) is 43.9 Å². The molecule has 38 heavy (non-hydrogen) atoms. The molecule has 0 amide bonds. The van der Waals surface area contributed by atoms with E-state index in [1.807, 2.05) is 12.1 Å². The zero-order valence-corrected chi connectivity index (χ0v) is 20.4. The minimum absolute atomic E-state index is 0.0307. The molecule has 0 unspecified atom stereocenters. The van der Waals surface area contributed by atoms with Crippen molar-refractivity contribution in [2.24, 2.45) is 17.8 Å². The largest absolute Gasteiger partial charge is 0.502 e. The average molecular weight is 519 g/mol. The highest BCUT2D eigenvalue weighted by Crippen LogP contribution is 2.62. The van der Waals surface area contributed by atoms with Gasteiger partial charge in [0.25, 0.3) is 0 Å². The quantitative estimate of drug-likeness (QED) is 0.252. The highest BCUT2D eigenvalue weighted by Gasteiger charge is 2.52. The van der Waals surface area contributed by atoms with Gasteiger partial charge in [-0.05, 0) is 79.9 Å². The number of phenolic OH excluding ortho intramolecular Hbond substituents is 2. The lowest BCUT2D eigenvalue weighted by Gasteiger charge is -2.57. The molecule has 2 N–H and O–H groups in total. The molecule has 10 heteroatoms. The van der Waals surface area contributed by atoms with Gasteiger partial charge in [-0.2, -0.15) is 0 Å². The molecule has 0 aliphatic heterocycles. The molecule has 0 spiro atoms. The van der Waals surface area contributed by atoms with E-state index in [2.05, 4.69) is 0 Å². The third kappa shape index (κ3) is 4.25. The van der Waals surface area contributed by atoms with E-state index in [0.29, 0.717) is 29.3 Å². The molecule has 196 valence electrons. The summed E-state index contributed by atoms with van der Waals surface area (Å²) < 4.78 is 12.2. The van der Waals surface area contributed by atoms with E-state index in [9.17, 15) is 30.4 Å². The minimum Gasteiger partial charge on any atom is -0.502 e. The third-order valence-electron chi connectivity index (χ3n) is 8.31. The molecule has 3 aromatic carbocycles. The molecule has 0 aromatic heterocycles. The zero-order valence-electron chi connectivity index (χ0n) is 20.4. The number of rotatable bonds is 7. The molecule has 0 radical (unpaired) electrons. The maximum Gasteiger partial charge on any atom is 0.310 e.